The molecule has 3 rings (SSSR count). The van der Waals surface area contributed by atoms with E-state index >= 15 is 0 Å². The summed E-state index contributed by atoms with van der Waals surface area (Å²) in [5.41, 5.74) is 0.855. The van der Waals surface area contributed by atoms with E-state index in [0.29, 0.717) is 6.42 Å². The third kappa shape index (κ3) is 2.13. The number of benzene rings is 1. The molecule has 1 N–H and O–H groups in total. The molecule has 0 aliphatic carbocycles. The van der Waals surface area contributed by atoms with Crippen LogP contribution in [-0.4, -0.2) is 33.6 Å². The van der Waals surface area contributed by atoms with Gasteiger partial charge in [0.2, 0.25) is 0 Å². The molecule has 98 valence electrons. The fraction of sp³-hybridized carbons (Fsp3) is 0.308. The lowest BCUT2D eigenvalue weighted by atomic mass is 10.2. The first-order valence-corrected chi connectivity index (χ1v) is 7.15. The number of nitrogens with zero attached hydrogens (tertiary/aromatic N) is 3. The predicted molar refractivity (Wildman–Crippen MR) is 80.3 cm³/mol. The van der Waals surface area contributed by atoms with E-state index in [1.807, 2.05) is 23.1 Å². The number of anilines is 1. The Morgan fingerprint density at radius 3 is 3.05 bits per heavy atom. The highest BCUT2D eigenvalue weighted by molar-refractivity contribution is 14.1. The number of aliphatic carboxylic acids is 1. The lowest BCUT2D eigenvalue weighted by Gasteiger charge is -2.23. The molecule has 19 heavy (non-hydrogen) atoms. The second-order valence-electron chi connectivity index (χ2n) is 4.52. The van der Waals surface area contributed by atoms with Gasteiger partial charge in [-0.3, -0.25) is 0 Å². The standard InChI is InChI=1S/C13H12IN3O2/c14-8-3-1-4-9-11(8)12(16-7-15-9)17-6-2-5-10(17)13(18)19/h1,3-4,7,10H,2,5-6H2,(H,18,19). The van der Waals surface area contributed by atoms with Crippen LogP contribution in [0.15, 0.2) is 24.5 Å². The molecule has 1 aromatic carbocycles. The van der Waals surface area contributed by atoms with Crippen molar-refractivity contribution in [1.29, 1.82) is 0 Å². The highest BCUT2D eigenvalue weighted by Gasteiger charge is 2.32. The second-order valence-corrected chi connectivity index (χ2v) is 5.68. The lowest BCUT2D eigenvalue weighted by Crippen LogP contribution is -2.36. The van der Waals surface area contributed by atoms with Crippen molar-refractivity contribution in [3.8, 4) is 0 Å². The fourth-order valence-corrected chi connectivity index (χ4v) is 3.27. The largest absolute Gasteiger partial charge is 0.480 e. The molecule has 5 nitrogen and oxygen atoms in total. The molecule has 1 unspecified atom stereocenters. The highest BCUT2D eigenvalue weighted by atomic mass is 127. The number of halogens is 1. The molecule has 0 radical (unpaired) electrons. The van der Waals surface area contributed by atoms with Gasteiger partial charge in [0.15, 0.2) is 0 Å². The Labute approximate surface area is 123 Å². The average molecular weight is 369 g/mol. The quantitative estimate of drug-likeness (QED) is 0.823. The molecule has 1 aliphatic rings. The summed E-state index contributed by atoms with van der Waals surface area (Å²) in [6.45, 7) is 0.730. The van der Waals surface area contributed by atoms with E-state index in [9.17, 15) is 9.90 Å². The summed E-state index contributed by atoms with van der Waals surface area (Å²) in [5, 5.41) is 10.2. The number of carboxylic acids is 1. The van der Waals surface area contributed by atoms with Gasteiger partial charge in [-0.25, -0.2) is 14.8 Å². The zero-order chi connectivity index (χ0) is 13.4. The second kappa shape index (κ2) is 4.92. The molecule has 0 amide bonds. The molecule has 0 bridgehead atoms. The maximum absolute atomic E-state index is 11.3. The molecule has 0 saturated carbocycles. The molecule has 1 aliphatic heterocycles. The Morgan fingerprint density at radius 2 is 2.26 bits per heavy atom. The molecule has 1 fully saturated rings. The number of rotatable bonds is 2. The van der Waals surface area contributed by atoms with Crippen LogP contribution in [0.1, 0.15) is 12.8 Å². The maximum atomic E-state index is 11.3. The summed E-state index contributed by atoms with van der Waals surface area (Å²) < 4.78 is 1.04. The number of carbonyl (C=O) groups is 1. The minimum absolute atomic E-state index is 0.478. The normalized spacial score (nSPS) is 19.0. The molecular weight excluding hydrogens is 357 g/mol. The van der Waals surface area contributed by atoms with Gasteiger partial charge in [-0.05, 0) is 47.6 Å². The van der Waals surface area contributed by atoms with Crippen molar-refractivity contribution in [3.05, 3.63) is 28.1 Å². The molecule has 2 heterocycles. The van der Waals surface area contributed by atoms with Crippen molar-refractivity contribution in [2.24, 2.45) is 0 Å². The molecule has 6 heteroatoms. The van der Waals surface area contributed by atoms with Crippen LogP contribution in [0.25, 0.3) is 10.9 Å². The van der Waals surface area contributed by atoms with Crippen LogP contribution in [0.2, 0.25) is 0 Å². The number of hydrogen-bond acceptors (Lipinski definition) is 4. The lowest BCUT2D eigenvalue weighted by molar-refractivity contribution is -0.138. The van der Waals surface area contributed by atoms with E-state index in [1.54, 1.807) is 0 Å². The van der Waals surface area contributed by atoms with Gasteiger partial charge < -0.3 is 10.0 Å². The third-order valence-corrected chi connectivity index (χ3v) is 4.30. The van der Waals surface area contributed by atoms with Gasteiger partial charge in [-0.2, -0.15) is 0 Å². The maximum Gasteiger partial charge on any atom is 0.326 e. The van der Waals surface area contributed by atoms with Crippen molar-refractivity contribution in [2.75, 3.05) is 11.4 Å². The first-order valence-electron chi connectivity index (χ1n) is 6.07. The molecule has 2 aromatic rings. The van der Waals surface area contributed by atoms with Crippen molar-refractivity contribution >= 4 is 45.3 Å². The van der Waals surface area contributed by atoms with E-state index in [4.69, 9.17) is 0 Å². The minimum atomic E-state index is -0.782. The number of carboxylic acid groups (broad SMARTS) is 1. The summed E-state index contributed by atoms with van der Waals surface area (Å²) in [5.74, 6) is -0.0462. The molecule has 1 atom stereocenters. The topological polar surface area (TPSA) is 66.3 Å². The molecular formula is C13H12IN3O2. The van der Waals surface area contributed by atoms with Gasteiger partial charge in [0.25, 0.3) is 0 Å². The summed E-state index contributed by atoms with van der Waals surface area (Å²) in [7, 11) is 0. The molecule has 0 spiro atoms. The average Bonchev–Trinajstić information content (AvgIpc) is 2.87. The number of aromatic nitrogens is 2. The highest BCUT2D eigenvalue weighted by Crippen LogP contribution is 2.32. The number of hydrogen-bond donors (Lipinski definition) is 1. The van der Waals surface area contributed by atoms with Crippen LogP contribution < -0.4 is 4.90 Å². The van der Waals surface area contributed by atoms with Crippen LogP contribution in [0.5, 0.6) is 0 Å². The zero-order valence-corrected chi connectivity index (χ0v) is 12.2. The van der Waals surface area contributed by atoms with E-state index in [2.05, 4.69) is 32.6 Å². The van der Waals surface area contributed by atoms with Crippen molar-refractivity contribution < 1.29 is 9.90 Å². The SMILES string of the molecule is O=C(O)C1CCCN1c1ncnc2cccc(I)c12. The summed E-state index contributed by atoms with van der Waals surface area (Å²) in [6.07, 6.45) is 3.06. The zero-order valence-electron chi connectivity index (χ0n) is 10.1. The van der Waals surface area contributed by atoms with Gasteiger partial charge in [-0.1, -0.05) is 6.07 Å². The van der Waals surface area contributed by atoms with Crippen LogP contribution in [0.3, 0.4) is 0 Å². The molecule has 1 saturated heterocycles. The Kier molecular flexibility index (Phi) is 3.26. The van der Waals surface area contributed by atoms with Crippen LogP contribution >= 0.6 is 22.6 Å². The summed E-state index contributed by atoms with van der Waals surface area (Å²) >= 11 is 2.24. The van der Waals surface area contributed by atoms with Crippen molar-refractivity contribution in [1.82, 2.24) is 9.97 Å². The Morgan fingerprint density at radius 1 is 1.42 bits per heavy atom. The first-order chi connectivity index (χ1) is 9.18. The summed E-state index contributed by atoms with van der Waals surface area (Å²) in [4.78, 5) is 21.8. The van der Waals surface area contributed by atoms with Crippen molar-refractivity contribution in [3.63, 3.8) is 0 Å². The Hall–Kier alpha value is -1.44. The smallest absolute Gasteiger partial charge is 0.326 e. The monoisotopic (exact) mass is 369 g/mol. The van der Waals surface area contributed by atoms with E-state index < -0.39 is 12.0 Å². The van der Waals surface area contributed by atoms with Crippen LogP contribution in [-0.2, 0) is 4.79 Å². The van der Waals surface area contributed by atoms with Crippen LogP contribution in [0.4, 0.5) is 5.82 Å². The van der Waals surface area contributed by atoms with Crippen LogP contribution in [0, 0.1) is 3.57 Å². The number of fused-ring (bicyclic) bond motifs is 1. The van der Waals surface area contributed by atoms with Gasteiger partial charge >= 0.3 is 5.97 Å². The van der Waals surface area contributed by atoms with E-state index in [1.165, 1.54) is 6.33 Å². The third-order valence-electron chi connectivity index (χ3n) is 3.40. The van der Waals surface area contributed by atoms with E-state index in [-0.39, 0.29) is 0 Å². The summed E-state index contributed by atoms with van der Waals surface area (Å²) in [6, 6.07) is 5.38. The molecule has 1 aromatic heterocycles. The van der Waals surface area contributed by atoms with Gasteiger partial charge in [0.1, 0.15) is 18.2 Å². The first kappa shape index (κ1) is 12.6. The van der Waals surface area contributed by atoms with Gasteiger partial charge in [0.05, 0.1) is 10.9 Å². The predicted octanol–water partition coefficient (Wildman–Crippen LogP) is 2.29. The fourth-order valence-electron chi connectivity index (χ4n) is 2.55. The Balaban J connectivity index is 2.17. The van der Waals surface area contributed by atoms with Gasteiger partial charge in [0, 0.05) is 10.1 Å². The van der Waals surface area contributed by atoms with E-state index in [0.717, 1.165) is 33.3 Å². The van der Waals surface area contributed by atoms with Gasteiger partial charge in [-0.15, -0.1) is 0 Å². The minimum Gasteiger partial charge on any atom is -0.480 e. The van der Waals surface area contributed by atoms with Crippen molar-refractivity contribution in [2.45, 2.75) is 18.9 Å². The Bertz CT molecular complexity index is 642.